The number of aromatic nitrogens is 1. The van der Waals surface area contributed by atoms with Crippen molar-refractivity contribution in [2.45, 2.75) is 12.2 Å². The smallest absolute Gasteiger partial charge is 0.315 e. The Morgan fingerprint density at radius 1 is 1.46 bits per heavy atom. The number of alkyl halides is 3. The Kier molecular flexibility index (Phi) is 2.92. The Hall–Kier alpha value is -0.620. The van der Waals surface area contributed by atoms with E-state index in [1.165, 1.54) is 18.3 Å². The van der Waals surface area contributed by atoms with Crippen LogP contribution in [0.1, 0.15) is 11.7 Å². The topological polar surface area (TPSA) is 38.9 Å². The van der Waals surface area contributed by atoms with Gasteiger partial charge >= 0.3 is 6.18 Å². The largest absolute Gasteiger partial charge is 0.409 e. The van der Waals surface area contributed by atoms with Crippen molar-refractivity contribution in [3.05, 3.63) is 28.5 Å². The normalized spacial score (nSPS) is 14.2. The lowest BCUT2D eigenvalue weighted by atomic mass is 10.2. The van der Waals surface area contributed by atoms with Crippen molar-refractivity contribution in [1.29, 1.82) is 0 Å². The maximum Gasteiger partial charge on any atom is 0.409 e. The summed E-state index contributed by atoms with van der Waals surface area (Å²) in [5, 5.41) is 0. The highest BCUT2D eigenvalue weighted by molar-refractivity contribution is 9.10. The monoisotopic (exact) mass is 254 g/mol. The molecular weight excluding hydrogens is 249 g/mol. The van der Waals surface area contributed by atoms with E-state index in [1.54, 1.807) is 0 Å². The molecule has 0 fully saturated rings. The van der Waals surface area contributed by atoms with Crippen molar-refractivity contribution in [2.75, 3.05) is 0 Å². The summed E-state index contributed by atoms with van der Waals surface area (Å²) in [5.41, 5.74) is 4.74. The molecular formula is C7H6BrF3N2. The molecule has 6 heteroatoms. The van der Waals surface area contributed by atoms with E-state index >= 15 is 0 Å². The van der Waals surface area contributed by atoms with Gasteiger partial charge in [-0.1, -0.05) is 15.9 Å². The molecule has 1 atom stereocenters. The number of pyridine rings is 1. The van der Waals surface area contributed by atoms with Crippen molar-refractivity contribution >= 4 is 15.9 Å². The van der Waals surface area contributed by atoms with Gasteiger partial charge in [0, 0.05) is 10.7 Å². The van der Waals surface area contributed by atoms with Gasteiger partial charge in [0.25, 0.3) is 0 Å². The average Bonchev–Trinajstić information content (AvgIpc) is 2.01. The van der Waals surface area contributed by atoms with Crippen molar-refractivity contribution < 1.29 is 13.2 Å². The van der Waals surface area contributed by atoms with Gasteiger partial charge in [0.15, 0.2) is 0 Å². The van der Waals surface area contributed by atoms with Crippen molar-refractivity contribution in [3.8, 4) is 0 Å². The fourth-order valence-corrected chi connectivity index (χ4v) is 1.11. The quantitative estimate of drug-likeness (QED) is 0.836. The lowest BCUT2D eigenvalue weighted by Crippen LogP contribution is -2.29. The Bertz CT molecular complexity index is 300. The van der Waals surface area contributed by atoms with Crippen LogP contribution >= 0.6 is 15.9 Å². The summed E-state index contributed by atoms with van der Waals surface area (Å²) in [6, 6.07) is 0.759. The van der Waals surface area contributed by atoms with Gasteiger partial charge in [-0.2, -0.15) is 13.2 Å². The maximum absolute atomic E-state index is 12.1. The molecule has 0 saturated carbocycles. The third-order valence-electron chi connectivity index (χ3n) is 1.41. The molecule has 2 nitrogen and oxygen atoms in total. The Morgan fingerprint density at radius 2 is 2.08 bits per heavy atom. The van der Waals surface area contributed by atoms with Crippen molar-refractivity contribution in [2.24, 2.45) is 5.73 Å². The molecule has 0 bridgehead atoms. The molecule has 2 N–H and O–H groups in total. The van der Waals surface area contributed by atoms with E-state index in [0.717, 1.165) is 0 Å². The van der Waals surface area contributed by atoms with Gasteiger partial charge in [-0.05, 0) is 12.1 Å². The summed E-state index contributed by atoms with van der Waals surface area (Å²) in [4.78, 5) is 3.53. The second kappa shape index (κ2) is 3.63. The van der Waals surface area contributed by atoms with Crippen LogP contribution in [0.3, 0.4) is 0 Å². The summed E-state index contributed by atoms with van der Waals surface area (Å²) in [5.74, 6) is 0. The molecule has 72 valence electrons. The molecule has 0 aliphatic carbocycles. The summed E-state index contributed by atoms with van der Waals surface area (Å²) >= 11 is 3.03. The Balaban J connectivity index is 2.96. The van der Waals surface area contributed by atoms with E-state index in [-0.39, 0.29) is 5.69 Å². The van der Waals surface area contributed by atoms with E-state index < -0.39 is 12.2 Å². The van der Waals surface area contributed by atoms with Gasteiger partial charge in [0.2, 0.25) is 0 Å². The molecule has 0 aromatic carbocycles. The Labute approximate surface area is 81.1 Å². The molecule has 0 spiro atoms. The molecule has 13 heavy (non-hydrogen) atoms. The molecule has 1 aromatic heterocycles. The molecule has 0 aliphatic rings. The van der Waals surface area contributed by atoms with E-state index in [2.05, 4.69) is 20.9 Å². The second-order valence-electron chi connectivity index (χ2n) is 2.42. The number of nitrogens with zero attached hydrogens (tertiary/aromatic N) is 1. The van der Waals surface area contributed by atoms with Gasteiger partial charge in [0.05, 0.1) is 5.69 Å². The summed E-state index contributed by atoms with van der Waals surface area (Å²) in [7, 11) is 0. The van der Waals surface area contributed by atoms with E-state index in [1.807, 2.05) is 0 Å². The zero-order chi connectivity index (χ0) is 10.1. The number of hydrogen-bond donors (Lipinski definition) is 1. The van der Waals surface area contributed by atoms with Crippen LogP contribution in [0.25, 0.3) is 0 Å². The van der Waals surface area contributed by atoms with Crippen LogP contribution in [0, 0.1) is 0 Å². The van der Waals surface area contributed by atoms with Crippen molar-refractivity contribution in [1.82, 2.24) is 4.98 Å². The van der Waals surface area contributed by atoms with Gasteiger partial charge in [-0.25, -0.2) is 0 Å². The molecule has 0 amide bonds. The third-order valence-corrected chi connectivity index (χ3v) is 1.91. The van der Waals surface area contributed by atoms with Crippen LogP contribution in [0.15, 0.2) is 22.8 Å². The lowest BCUT2D eigenvalue weighted by molar-refractivity contribution is -0.150. The predicted molar refractivity (Wildman–Crippen MR) is 44.9 cm³/mol. The summed E-state index contributed by atoms with van der Waals surface area (Å²) < 4.78 is 36.8. The standard InChI is InChI=1S/C7H6BrF3N2/c8-4-1-2-13-5(3-4)6(12)7(9,10)11/h1-3,6H,12H2/t6-/m1/s1. The van der Waals surface area contributed by atoms with Crippen LogP contribution in [0.4, 0.5) is 13.2 Å². The zero-order valence-electron chi connectivity index (χ0n) is 6.35. The fraction of sp³-hybridized carbons (Fsp3) is 0.286. The van der Waals surface area contributed by atoms with E-state index in [9.17, 15) is 13.2 Å². The first kappa shape index (κ1) is 10.5. The molecule has 0 saturated heterocycles. The van der Waals surface area contributed by atoms with Crippen LogP contribution in [-0.4, -0.2) is 11.2 Å². The number of nitrogens with two attached hydrogens (primary N) is 1. The van der Waals surface area contributed by atoms with Crippen LogP contribution in [0.5, 0.6) is 0 Å². The summed E-state index contributed by atoms with van der Waals surface area (Å²) in [6.07, 6.45) is -3.18. The highest BCUT2D eigenvalue weighted by Crippen LogP contribution is 2.29. The van der Waals surface area contributed by atoms with Crippen molar-refractivity contribution in [3.63, 3.8) is 0 Å². The molecule has 1 rings (SSSR count). The number of rotatable bonds is 1. The van der Waals surface area contributed by atoms with Crippen LogP contribution in [-0.2, 0) is 0 Å². The van der Waals surface area contributed by atoms with E-state index in [0.29, 0.717) is 4.47 Å². The maximum atomic E-state index is 12.1. The second-order valence-corrected chi connectivity index (χ2v) is 3.33. The molecule has 1 heterocycles. The zero-order valence-corrected chi connectivity index (χ0v) is 7.93. The minimum Gasteiger partial charge on any atom is -0.315 e. The van der Waals surface area contributed by atoms with Gasteiger partial charge in [-0.3, -0.25) is 4.98 Å². The molecule has 0 unspecified atom stereocenters. The first-order valence-corrected chi connectivity index (χ1v) is 4.14. The predicted octanol–water partition coefficient (Wildman–Crippen LogP) is 2.41. The number of hydrogen-bond acceptors (Lipinski definition) is 2. The fourth-order valence-electron chi connectivity index (χ4n) is 0.759. The SMILES string of the molecule is N[C@H](c1cc(Br)ccn1)C(F)(F)F. The van der Waals surface area contributed by atoms with Gasteiger partial charge in [-0.15, -0.1) is 0 Å². The van der Waals surface area contributed by atoms with Gasteiger partial charge in [0.1, 0.15) is 6.04 Å². The molecule has 0 aliphatic heterocycles. The van der Waals surface area contributed by atoms with E-state index in [4.69, 9.17) is 5.73 Å². The van der Waals surface area contributed by atoms with Crippen LogP contribution < -0.4 is 5.73 Å². The molecule has 0 radical (unpaired) electrons. The first-order valence-electron chi connectivity index (χ1n) is 3.35. The highest BCUT2D eigenvalue weighted by Gasteiger charge is 2.38. The average molecular weight is 255 g/mol. The Morgan fingerprint density at radius 3 is 2.54 bits per heavy atom. The minimum atomic E-state index is -4.45. The third kappa shape index (κ3) is 2.67. The number of halogens is 4. The van der Waals surface area contributed by atoms with Gasteiger partial charge < -0.3 is 5.73 Å². The molecule has 1 aromatic rings. The highest BCUT2D eigenvalue weighted by atomic mass is 79.9. The summed E-state index contributed by atoms with van der Waals surface area (Å²) in [6.45, 7) is 0. The minimum absolute atomic E-state index is 0.193. The first-order chi connectivity index (χ1) is 5.91. The lowest BCUT2D eigenvalue weighted by Gasteiger charge is -2.14. The van der Waals surface area contributed by atoms with Crippen LogP contribution in [0.2, 0.25) is 0 Å².